The number of hydrogen-bond donors (Lipinski definition) is 2. The molecule has 0 radical (unpaired) electrons. The van der Waals surface area contributed by atoms with Crippen LogP contribution in [0.4, 0.5) is 5.69 Å². The van der Waals surface area contributed by atoms with Crippen LogP contribution < -0.4 is 10.6 Å². The predicted molar refractivity (Wildman–Crippen MR) is 50.4 cm³/mol. The molecule has 0 bridgehead atoms. The minimum Gasteiger partial charge on any atom is -0.397 e. The van der Waals surface area contributed by atoms with Gasteiger partial charge in [0.15, 0.2) is 0 Å². The average molecular weight is 194 g/mol. The molecule has 0 fully saturated rings. The van der Waals surface area contributed by atoms with Crippen molar-refractivity contribution in [3.8, 4) is 10.6 Å². The maximum atomic E-state index is 10.8. The quantitative estimate of drug-likeness (QED) is 0.691. The number of nitrogens with zero attached hydrogens (tertiary/aromatic N) is 2. The summed E-state index contributed by atoms with van der Waals surface area (Å²) in [4.78, 5) is 14.5. The van der Waals surface area contributed by atoms with E-state index in [2.05, 4.69) is 15.2 Å². The van der Waals surface area contributed by atoms with Crippen LogP contribution in [0, 0.1) is 0 Å². The summed E-state index contributed by atoms with van der Waals surface area (Å²) in [6.45, 7) is 0. The Hall–Kier alpha value is -1.69. The van der Waals surface area contributed by atoms with E-state index < -0.39 is 0 Å². The fourth-order valence-corrected chi connectivity index (χ4v) is 1.52. The molecule has 13 heavy (non-hydrogen) atoms. The highest BCUT2D eigenvalue weighted by Gasteiger charge is 2.03. The largest absolute Gasteiger partial charge is 0.397 e. The van der Waals surface area contributed by atoms with Crippen LogP contribution in [0.25, 0.3) is 10.6 Å². The van der Waals surface area contributed by atoms with Gasteiger partial charge in [-0.15, -0.1) is 0 Å². The lowest BCUT2D eigenvalue weighted by Gasteiger charge is -1.94. The number of rotatable bonds is 1. The van der Waals surface area contributed by atoms with Gasteiger partial charge in [-0.05, 0) is 6.07 Å². The standard InChI is InChI=1S/C7H6N4OS/c8-5-1-4(2-9-3-5)6-10-11-7(12)13-6/h1-3H,8H2,(H,11,12). The number of hydrogen-bond acceptors (Lipinski definition) is 5. The Morgan fingerprint density at radius 3 is 2.92 bits per heavy atom. The van der Waals surface area contributed by atoms with E-state index in [1.54, 1.807) is 18.5 Å². The molecule has 2 aromatic rings. The van der Waals surface area contributed by atoms with Gasteiger partial charge in [0.1, 0.15) is 5.01 Å². The Kier molecular flexibility index (Phi) is 1.82. The number of aromatic amines is 1. The zero-order chi connectivity index (χ0) is 9.26. The number of nitrogens with two attached hydrogens (primary N) is 1. The van der Waals surface area contributed by atoms with Gasteiger partial charge in [0.2, 0.25) is 0 Å². The van der Waals surface area contributed by atoms with Crippen LogP contribution in [0.2, 0.25) is 0 Å². The van der Waals surface area contributed by atoms with Crippen molar-refractivity contribution in [2.75, 3.05) is 5.73 Å². The van der Waals surface area contributed by atoms with Gasteiger partial charge in [-0.1, -0.05) is 11.3 Å². The van der Waals surface area contributed by atoms with Crippen molar-refractivity contribution < 1.29 is 0 Å². The smallest absolute Gasteiger partial charge is 0.322 e. The van der Waals surface area contributed by atoms with Crippen molar-refractivity contribution in [1.82, 2.24) is 15.2 Å². The van der Waals surface area contributed by atoms with E-state index in [-0.39, 0.29) is 4.87 Å². The average Bonchev–Trinajstić information content (AvgIpc) is 2.52. The Bertz CT molecular complexity index is 475. The third kappa shape index (κ3) is 1.57. The van der Waals surface area contributed by atoms with Crippen LogP contribution in [-0.4, -0.2) is 15.2 Å². The first-order valence-electron chi connectivity index (χ1n) is 3.52. The molecule has 0 saturated heterocycles. The zero-order valence-corrected chi connectivity index (χ0v) is 7.34. The predicted octanol–water partition coefficient (Wildman–Crippen LogP) is 0.476. The Morgan fingerprint density at radius 2 is 2.31 bits per heavy atom. The zero-order valence-electron chi connectivity index (χ0n) is 6.52. The van der Waals surface area contributed by atoms with Gasteiger partial charge < -0.3 is 5.73 Å². The summed E-state index contributed by atoms with van der Waals surface area (Å²) in [6.07, 6.45) is 3.15. The van der Waals surface area contributed by atoms with Crippen LogP contribution in [-0.2, 0) is 0 Å². The van der Waals surface area contributed by atoms with E-state index in [0.29, 0.717) is 10.7 Å². The summed E-state index contributed by atoms with van der Waals surface area (Å²) in [5, 5.41) is 6.75. The number of aromatic nitrogens is 3. The summed E-state index contributed by atoms with van der Waals surface area (Å²) in [5.74, 6) is 0. The summed E-state index contributed by atoms with van der Waals surface area (Å²) < 4.78 is 0. The molecule has 3 N–H and O–H groups in total. The number of H-pyrrole nitrogens is 1. The molecule has 6 heteroatoms. The second-order valence-electron chi connectivity index (χ2n) is 2.43. The monoisotopic (exact) mass is 194 g/mol. The van der Waals surface area contributed by atoms with Crippen molar-refractivity contribution in [1.29, 1.82) is 0 Å². The second kappa shape index (κ2) is 2.98. The van der Waals surface area contributed by atoms with Gasteiger partial charge >= 0.3 is 4.87 Å². The molecular formula is C7H6N4OS. The molecular weight excluding hydrogens is 188 g/mol. The number of pyridine rings is 1. The molecule has 0 atom stereocenters. The normalized spacial score (nSPS) is 10.2. The summed E-state index contributed by atoms with van der Waals surface area (Å²) in [7, 11) is 0. The van der Waals surface area contributed by atoms with Gasteiger partial charge in [0.25, 0.3) is 0 Å². The Balaban J connectivity index is 2.52. The molecule has 2 aromatic heterocycles. The van der Waals surface area contributed by atoms with Crippen molar-refractivity contribution in [2.45, 2.75) is 0 Å². The number of nitrogens with one attached hydrogen (secondary N) is 1. The molecule has 0 aromatic carbocycles. The van der Waals surface area contributed by atoms with Gasteiger partial charge in [-0.2, -0.15) is 5.10 Å². The molecule has 0 amide bonds. The van der Waals surface area contributed by atoms with E-state index in [0.717, 1.165) is 16.9 Å². The molecule has 2 rings (SSSR count). The number of anilines is 1. The SMILES string of the molecule is Nc1cncc(-c2n[nH]c(=O)s2)c1. The van der Waals surface area contributed by atoms with Crippen molar-refractivity contribution in [3.63, 3.8) is 0 Å². The third-order valence-corrected chi connectivity index (χ3v) is 2.24. The van der Waals surface area contributed by atoms with Crippen molar-refractivity contribution in [2.24, 2.45) is 0 Å². The number of nitrogen functional groups attached to an aromatic ring is 1. The van der Waals surface area contributed by atoms with E-state index in [4.69, 9.17) is 5.73 Å². The van der Waals surface area contributed by atoms with E-state index in [9.17, 15) is 4.79 Å². The lowest BCUT2D eigenvalue weighted by molar-refractivity contribution is 1.06. The minimum absolute atomic E-state index is 0.183. The van der Waals surface area contributed by atoms with Gasteiger partial charge in [-0.3, -0.25) is 9.78 Å². The van der Waals surface area contributed by atoms with Gasteiger partial charge in [0.05, 0.1) is 5.69 Å². The van der Waals surface area contributed by atoms with E-state index >= 15 is 0 Å². The molecule has 0 aliphatic rings. The first-order chi connectivity index (χ1) is 6.25. The minimum atomic E-state index is -0.183. The topological polar surface area (TPSA) is 84.7 Å². The van der Waals surface area contributed by atoms with Gasteiger partial charge in [-0.25, -0.2) is 5.10 Å². The molecule has 0 unspecified atom stereocenters. The molecule has 0 saturated carbocycles. The fraction of sp³-hybridized carbons (Fsp3) is 0. The molecule has 0 aliphatic carbocycles. The molecule has 0 spiro atoms. The maximum Gasteiger partial charge on any atom is 0.322 e. The fourth-order valence-electron chi connectivity index (χ4n) is 0.928. The highest BCUT2D eigenvalue weighted by molar-refractivity contribution is 7.12. The van der Waals surface area contributed by atoms with Crippen LogP contribution in [0.3, 0.4) is 0 Å². The summed E-state index contributed by atoms with van der Waals surface area (Å²) in [6, 6.07) is 1.72. The lowest BCUT2D eigenvalue weighted by Crippen LogP contribution is -1.90. The van der Waals surface area contributed by atoms with E-state index in [1.165, 1.54) is 0 Å². The first kappa shape index (κ1) is 7.93. The highest BCUT2D eigenvalue weighted by Crippen LogP contribution is 2.18. The Labute approximate surface area is 77.3 Å². The van der Waals surface area contributed by atoms with E-state index in [1.807, 2.05) is 0 Å². The van der Waals surface area contributed by atoms with Gasteiger partial charge in [0, 0.05) is 18.0 Å². The molecule has 66 valence electrons. The highest BCUT2D eigenvalue weighted by atomic mass is 32.1. The van der Waals surface area contributed by atoms with Crippen LogP contribution >= 0.6 is 11.3 Å². The lowest BCUT2D eigenvalue weighted by atomic mass is 10.3. The summed E-state index contributed by atoms with van der Waals surface area (Å²) in [5.41, 5.74) is 6.84. The first-order valence-corrected chi connectivity index (χ1v) is 4.34. The third-order valence-electron chi connectivity index (χ3n) is 1.44. The molecule has 2 heterocycles. The molecule has 5 nitrogen and oxygen atoms in total. The van der Waals surface area contributed by atoms with Crippen molar-refractivity contribution >= 4 is 17.0 Å². The summed E-state index contributed by atoms with van der Waals surface area (Å²) >= 11 is 1.03. The van der Waals surface area contributed by atoms with Crippen LogP contribution in [0.5, 0.6) is 0 Å². The van der Waals surface area contributed by atoms with Crippen LogP contribution in [0.15, 0.2) is 23.3 Å². The molecule has 0 aliphatic heterocycles. The second-order valence-corrected chi connectivity index (χ2v) is 3.39. The van der Waals surface area contributed by atoms with Crippen LogP contribution in [0.1, 0.15) is 0 Å². The van der Waals surface area contributed by atoms with Crippen molar-refractivity contribution in [3.05, 3.63) is 28.1 Å². The Morgan fingerprint density at radius 1 is 1.46 bits per heavy atom. The maximum absolute atomic E-state index is 10.8.